The summed E-state index contributed by atoms with van der Waals surface area (Å²) in [5.74, 6) is 0.454. The molecule has 5 nitrogen and oxygen atoms in total. The Hall–Kier alpha value is -1.58. The quantitative estimate of drug-likeness (QED) is 0.828. The first kappa shape index (κ1) is 16.3. The third-order valence-corrected chi connectivity index (χ3v) is 6.11. The number of hydrogen-bond acceptors (Lipinski definition) is 5. The lowest BCUT2D eigenvalue weighted by atomic mass is 10.1. The largest absolute Gasteiger partial charge is 0.455 e. The molecule has 0 fully saturated rings. The van der Waals surface area contributed by atoms with Crippen LogP contribution >= 0.6 is 15.9 Å². The molecule has 1 aromatic heterocycles. The zero-order chi connectivity index (χ0) is 17.0. The van der Waals surface area contributed by atoms with E-state index in [9.17, 15) is 22.3 Å². The van der Waals surface area contributed by atoms with E-state index < -0.39 is 31.7 Å². The summed E-state index contributed by atoms with van der Waals surface area (Å²) >= 11 is 3.05. The number of rotatable bonds is 2. The van der Waals surface area contributed by atoms with Gasteiger partial charge in [-0.15, -0.1) is 0 Å². The van der Waals surface area contributed by atoms with E-state index in [1.807, 2.05) is 0 Å². The molecule has 9 heteroatoms. The highest BCUT2D eigenvalue weighted by atomic mass is 79.9. The van der Waals surface area contributed by atoms with Gasteiger partial charge in [-0.05, 0) is 46.6 Å². The van der Waals surface area contributed by atoms with Crippen molar-refractivity contribution in [2.24, 2.45) is 0 Å². The van der Waals surface area contributed by atoms with Gasteiger partial charge in [-0.3, -0.25) is 4.98 Å². The predicted octanol–water partition coefficient (Wildman–Crippen LogP) is 3.36. The van der Waals surface area contributed by atoms with Crippen LogP contribution in [0.1, 0.15) is 17.2 Å². The normalized spacial score (nSPS) is 21.0. The van der Waals surface area contributed by atoms with Gasteiger partial charge in [0.05, 0.1) is 15.6 Å². The number of pyridine rings is 1. The van der Waals surface area contributed by atoms with Crippen molar-refractivity contribution in [3.05, 3.63) is 46.2 Å². The fourth-order valence-electron chi connectivity index (χ4n) is 2.29. The van der Waals surface area contributed by atoms with Crippen molar-refractivity contribution in [1.29, 1.82) is 0 Å². The first-order valence-electron chi connectivity index (χ1n) is 6.38. The Bertz CT molecular complexity index is 902. The number of halogens is 3. The molecule has 0 radical (unpaired) electrons. The molecule has 23 heavy (non-hydrogen) atoms. The molecule has 0 saturated carbocycles. The number of aryl methyl sites for hydroxylation is 1. The molecule has 0 amide bonds. The molecule has 1 aliphatic heterocycles. The topological polar surface area (TPSA) is 76.5 Å². The summed E-state index contributed by atoms with van der Waals surface area (Å²) in [6.07, 6.45) is 0.576. The van der Waals surface area contributed by atoms with Crippen LogP contribution in [0.15, 0.2) is 40.0 Å². The molecule has 2 aromatic rings. The maximum absolute atomic E-state index is 13.8. The molecule has 1 atom stereocenters. The van der Waals surface area contributed by atoms with E-state index in [-0.39, 0.29) is 10.2 Å². The summed E-state index contributed by atoms with van der Waals surface area (Å²) in [6.45, 7) is 1.80. The molecule has 1 aliphatic rings. The lowest BCUT2D eigenvalue weighted by Crippen LogP contribution is -2.28. The van der Waals surface area contributed by atoms with Crippen LogP contribution in [-0.2, 0) is 9.84 Å². The number of aliphatic hydroxyl groups excluding tert-OH is 1. The second-order valence-corrected chi connectivity index (χ2v) is 7.84. The summed E-state index contributed by atoms with van der Waals surface area (Å²) in [4.78, 5) is 3.32. The summed E-state index contributed by atoms with van der Waals surface area (Å²) in [7, 11) is -4.93. The highest BCUT2D eigenvalue weighted by molar-refractivity contribution is 9.10. The highest BCUT2D eigenvalue weighted by Gasteiger charge is 2.61. The maximum Gasteiger partial charge on any atom is 0.379 e. The minimum Gasteiger partial charge on any atom is -0.455 e. The average Bonchev–Trinajstić information content (AvgIpc) is 2.60. The Morgan fingerprint density at radius 2 is 2.04 bits per heavy atom. The van der Waals surface area contributed by atoms with Crippen LogP contribution < -0.4 is 4.74 Å². The molecule has 0 aliphatic carbocycles. The van der Waals surface area contributed by atoms with E-state index in [1.54, 1.807) is 19.2 Å². The van der Waals surface area contributed by atoms with Gasteiger partial charge in [0, 0.05) is 11.8 Å². The smallest absolute Gasteiger partial charge is 0.379 e. The van der Waals surface area contributed by atoms with Gasteiger partial charge in [0.1, 0.15) is 11.5 Å². The first-order valence-corrected chi connectivity index (χ1v) is 8.66. The monoisotopic (exact) mass is 405 g/mol. The standard InChI is InChI=1S/C14H10BrF2NO4S/c1-7-4-8(6-18-5-7)22-9-2-3-10-11(12(9)15)13(19)14(16,17)23(10,20)21/h2-6,13,19H,1H3. The Kier molecular flexibility index (Phi) is 3.69. The van der Waals surface area contributed by atoms with Crippen molar-refractivity contribution in [1.82, 2.24) is 4.98 Å². The minimum atomic E-state index is -4.93. The molecule has 122 valence electrons. The van der Waals surface area contributed by atoms with Crippen molar-refractivity contribution in [2.45, 2.75) is 23.2 Å². The van der Waals surface area contributed by atoms with Gasteiger partial charge < -0.3 is 9.84 Å². The molecule has 0 spiro atoms. The van der Waals surface area contributed by atoms with E-state index in [0.717, 1.165) is 11.6 Å². The Balaban J connectivity index is 2.11. The molecule has 1 aromatic carbocycles. The van der Waals surface area contributed by atoms with Crippen molar-refractivity contribution in [3.63, 3.8) is 0 Å². The minimum absolute atomic E-state index is 0.0373. The third kappa shape index (κ3) is 2.34. The van der Waals surface area contributed by atoms with Gasteiger partial charge in [-0.25, -0.2) is 8.42 Å². The summed E-state index contributed by atoms with van der Waals surface area (Å²) in [5, 5.41) is 5.46. The fourth-order valence-corrected chi connectivity index (χ4v) is 4.52. The third-order valence-electron chi connectivity index (χ3n) is 3.42. The first-order chi connectivity index (χ1) is 10.7. The van der Waals surface area contributed by atoms with Gasteiger partial charge in [0.25, 0.3) is 0 Å². The second-order valence-electron chi connectivity index (χ2n) is 5.06. The van der Waals surface area contributed by atoms with E-state index in [2.05, 4.69) is 20.9 Å². The number of fused-ring (bicyclic) bond motifs is 1. The number of ether oxygens (including phenoxy) is 1. The summed E-state index contributed by atoms with van der Waals surface area (Å²) < 4.78 is 56.7. The number of sulfone groups is 1. The van der Waals surface area contributed by atoms with Gasteiger partial charge in [0.15, 0.2) is 6.10 Å². The Morgan fingerprint density at radius 1 is 1.35 bits per heavy atom. The van der Waals surface area contributed by atoms with Crippen molar-refractivity contribution in [2.75, 3.05) is 0 Å². The van der Waals surface area contributed by atoms with Gasteiger partial charge >= 0.3 is 5.25 Å². The zero-order valence-corrected chi connectivity index (χ0v) is 14.0. The van der Waals surface area contributed by atoms with Gasteiger partial charge in [-0.2, -0.15) is 8.78 Å². The molecule has 0 bridgehead atoms. The fraction of sp³-hybridized carbons (Fsp3) is 0.214. The van der Waals surface area contributed by atoms with Crippen molar-refractivity contribution >= 4 is 25.8 Å². The molecular weight excluding hydrogens is 396 g/mol. The van der Waals surface area contributed by atoms with Crippen LogP contribution in [0.2, 0.25) is 0 Å². The number of benzene rings is 1. The number of hydrogen-bond donors (Lipinski definition) is 1. The van der Waals surface area contributed by atoms with Crippen molar-refractivity contribution < 1.29 is 27.0 Å². The Morgan fingerprint density at radius 3 is 2.70 bits per heavy atom. The molecule has 3 rings (SSSR count). The lowest BCUT2D eigenvalue weighted by molar-refractivity contribution is -0.0379. The molecule has 1 N–H and O–H groups in total. The molecular formula is C14H10BrF2NO4S. The van der Waals surface area contributed by atoms with Crippen LogP contribution in [0.4, 0.5) is 8.78 Å². The van der Waals surface area contributed by atoms with Gasteiger partial charge in [-0.1, -0.05) is 0 Å². The SMILES string of the molecule is Cc1cncc(Oc2ccc3c(c2Br)C(O)C(F)(F)S3(=O)=O)c1. The zero-order valence-electron chi connectivity index (χ0n) is 11.6. The van der Waals surface area contributed by atoms with Crippen LogP contribution in [0, 0.1) is 6.92 Å². The predicted molar refractivity (Wildman–Crippen MR) is 80.3 cm³/mol. The molecule has 2 heterocycles. The summed E-state index contributed by atoms with van der Waals surface area (Å²) in [5.41, 5.74) is 0.419. The number of aromatic nitrogens is 1. The van der Waals surface area contributed by atoms with Crippen LogP contribution in [0.3, 0.4) is 0 Å². The summed E-state index contributed by atoms with van der Waals surface area (Å²) in [6, 6.07) is 3.92. The van der Waals surface area contributed by atoms with Crippen molar-refractivity contribution in [3.8, 4) is 11.5 Å². The van der Waals surface area contributed by atoms with Crippen LogP contribution in [0.5, 0.6) is 11.5 Å². The van der Waals surface area contributed by atoms with Gasteiger partial charge in [0.2, 0.25) is 9.84 Å². The molecule has 1 unspecified atom stereocenters. The van der Waals surface area contributed by atoms with E-state index in [4.69, 9.17) is 4.74 Å². The number of alkyl halides is 2. The second kappa shape index (κ2) is 5.22. The number of nitrogens with zero attached hydrogens (tertiary/aromatic N) is 1. The number of aliphatic hydroxyl groups is 1. The van der Waals surface area contributed by atoms with E-state index in [0.29, 0.717) is 5.75 Å². The lowest BCUT2D eigenvalue weighted by Gasteiger charge is -2.14. The van der Waals surface area contributed by atoms with E-state index in [1.165, 1.54) is 12.3 Å². The average molecular weight is 406 g/mol. The maximum atomic E-state index is 13.8. The van der Waals surface area contributed by atoms with Crippen LogP contribution in [-0.4, -0.2) is 23.8 Å². The highest BCUT2D eigenvalue weighted by Crippen LogP contribution is 2.53. The Labute approximate surface area is 139 Å². The van der Waals surface area contributed by atoms with Crippen LogP contribution in [0.25, 0.3) is 0 Å². The van der Waals surface area contributed by atoms with E-state index >= 15 is 0 Å². The molecule has 0 saturated heterocycles.